The van der Waals surface area contributed by atoms with Gasteiger partial charge in [0.25, 0.3) is 0 Å². The van der Waals surface area contributed by atoms with E-state index in [0.29, 0.717) is 18.6 Å². The number of morpholine rings is 1. The molecule has 25 heavy (non-hydrogen) atoms. The predicted octanol–water partition coefficient (Wildman–Crippen LogP) is 1.16. The molecule has 3 aliphatic rings. The Balaban J connectivity index is 1.32. The summed E-state index contributed by atoms with van der Waals surface area (Å²) < 4.78 is 7.57. The Morgan fingerprint density at radius 3 is 2.64 bits per heavy atom. The van der Waals surface area contributed by atoms with Crippen LogP contribution in [0, 0.1) is 5.92 Å². The molecular weight excluding hydrogens is 318 g/mol. The van der Waals surface area contributed by atoms with Crippen LogP contribution in [-0.4, -0.2) is 75.6 Å². The highest BCUT2D eigenvalue weighted by Gasteiger charge is 2.38. The van der Waals surface area contributed by atoms with Crippen molar-refractivity contribution < 1.29 is 9.53 Å². The Bertz CT molecular complexity index is 550. The number of carbonyl (C=O) groups is 1. The van der Waals surface area contributed by atoms with Crippen molar-refractivity contribution in [2.24, 2.45) is 5.92 Å². The van der Waals surface area contributed by atoms with Gasteiger partial charge < -0.3 is 9.64 Å². The monoisotopic (exact) mass is 347 g/mol. The highest BCUT2D eigenvalue weighted by Crippen LogP contribution is 2.28. The highest BCUT2D eigenvalue weighted by atomic mass is 16.5. The molecule has 1 aliphatic carbocycles. The average Bonchev–Trinajstić information content (AvgIpc) is 3.36. The summed E-state index contributed by atoms with van der Waals surface area (Å²) in [6.45, 7) is 4.85. The van der Waals surface area contributed by atoms with Crippen LogP contribution in [0.3, 0.4) is 0 Å². The Kier molecular flexibility index (Phi) is 5.31. The summed E-state index contributed by atoms with van der Waals surface area (Å²) in [5.41, 5.74) is 0. The SMILES string of the molecule is O=C(C1COCCN1C1CCCC1)N1CCC(Cn2ccnn2)CC1. The number of hydrogen-bond acceptors (Lipinski definition) is 5. The molecule has 1 aromatic heterocycles. The molecule has 0 bridgehead atoms. The maximum absolute atomic E-state index is 13.1. The number of piperidine rings is 1. The number of aromatic nitrogens is 3. The quantitative estimate of drug-likeness (QED) is 0.818. The zero-order chi connectivity index (χ0) is 17.1. The van der Waals surface area contributed by atoms with Gasteiger partial charge in [-0.25, -0.2) is 0 Å². The van der Waals surface area contributed by atoms with E-state index in [9.17, 15) is 4.79 Å². The number of likely N-dealkylation sites (tertiary alicyclic amines) is 1. The van der Waals surface area contributed by atoms with Crippen molar-refractivity contribution in [2.45, 2.75) is 57.2 Å². The topological polar surface area (TPSA) is 63.5 Å². The molecule has 1 saturated carbocycles. The van der Waals surface area contributed by atoms with Crippen LogP contribution < -0.4 is 0 Å². The van der Waals surface area contributed by atoms with Crippen molar-refractivity contribution in [3.8, 4) is 0 Å². The molecule has 0 N–H and O–H groups in total. The number of hydrogen-bond donors (Lipinski definition) is 0. The van der Waals surface area contributed by atoms with E-state index in [1.807, 2.05) is 10.9 Å². The maximum Gasteiger partial charge on any atom is 0.242 e. The summed E-state index contributed by atoms with van der Waals surface area (Å²) in [5, 5.41) is 7.92. The Morgan fingerprint density at radius 2 is 1.92 bits per heavy atom. The average molecular weight is 347 g/mol. The third-order valence-corrected chi connectivity index (χ3v) is 6.09. The second-order valence-corrected chi connectivity index (χ2v) is 7.66. The highest BCUT2D eigenvalue weighted by molar-refractivity contribution is 5.82. The number of carbonyl (C=O) groups excluding carboxylic acids is 1. The summed E-state index contributed by atoms with van der Waals surface area (Å²) in [6.07, 6.45) is 10.8. The lowest BCUT2D eigenvalue weighted by molar-refractivity contribution is -0.146. The summed E-state index contributed by atoms with van der Waals surface area (Å²) in [4.78, 5) is 17.6. The van der Waals surface area contributed by atoms with E-state index in [-0.39, 0.29) is 11.9 Å². The van der Waals surface area contributed by atoms with E-state index in [2.05, 4.69) is 20.1 Å². The molecule has 138 valence electrons. The second-order valence-electron chi connectivity index (χ2n) is 7.66. The van der Waals surface area contributed by atoms with Crippen molar-refractivity contribution >= 4 is 5.91 Å². The van der Waals surface area contributed by atoms with E-state index < -0.39 is 0 Å². The van der Waals surface area contributed by atoms with Gasteiger partial charge in [-0.15, -0.1) is 5.10 Å². The van der Waals surface area contributed by atoms with Crippen molar-refractivity contribution in [1.29, 1.82) is 0 Å². The van der Waals surface area contributed by atoms with Crippen LogP contribution in [0.25, 0.3) is 0 Å². The lowest BCUT2D eigenvalue weighted by Gasteiger charge is -2.42. The van der Waals surface area contributed by atoms with E-state index in [0.717, 1.165) is 45.6 Å². The van der Waals surface area contributed by atoms with Crippen molar-refractivity contribution in [3.05, 3.63) is 12.4 Å². The Hall–Kier alpha value is -1.47. The molecular formula is C18H29N5O2. The summed E-state index contributed by atoms with van der Waals surface area (Å²) in [7, 11) is 0. The van der Waals surface area contributed by atoms with Gasteiger partial charge in [-0.05, 0) is 31.6 Å². The van der Waals surface area contributed by atoms with Gasteiger partial charge in [0, 0.05) is 38.4 Å². The first-order valence-corrected chi connectivity index (χ1v) is 9.77. The summed E-state index contributed by atoms with van der Waals surface area (Å²) in [6, 6.07) is 0.520. The molecule has 3 heterocycles. The standard InChI is InChI=1S/C18H29N5O2/c24-18(17-14-25-12-11-23(17)16-3-1-2-4-16)21-8-5-15(6-9-21)13-22-10-7-19-20-22/h7,10,15-17H,1-6,8-9,11-14H2. The third-order valence-electron chi connectivity index (χ3n) is 6.09. The van der Waals surface area contributed by atoms with Crippen LogP contribution in [0.1, 0.15) is 38.5 Å². The normalized spacial score (nSPS) is 27.0. The van der Waals surface area contributed by atoms with Gasteiger partial charge >= 0.3 is 0 Å². The fraction of sp³-hybridized carbons (Fsp3) is 0.833. The number of nitrogens with zero attached hydrogens (tertiary/aromatic N) is 5. The van der Waals surface area contributed by atoms with Gasteiger partial charge in [0.1, 0.15) is 6.04 Å². The molecule has 7 nitrogen and oxygen atoms in total. The van der Waals surface area contributed by atoms with E-state index in [1.54, 1.807) is 6.20 Å². The van der Waals surface area contributed by atoms with Gasteiger partial charge in [-0.3, -0.25) is 14.4 Å². The first-order valence-electron chi connectivity index (χ1n) is 9.77. The fourth-order valence-corrected chi connectivity index (χ4v) is 4.64. The molecule has 3 fully saturated rings. The molecule has 7 heteroatoms. The summed E-state index contributed by atoms with van der Waals surface area (Å²) >= 11 is 0. The van der Waals surface area contributed by atoms with Crippen LogP contribution in [0.5, 0.6) is 0 Å². The van der Waals surface area contributed by atoms with E-state index >= 15 is 0 Å². The zero-order valence-corrected chi connectivity index (χ0v) is 14.9. The summed E-state index contributed by atoms with van der Waals surface area (Å²) in [5.74, 6) is 0.866. The Labute approximate surface area is 149 Å². The van der Waals surface area contributed by atoms with E-state index in [4.69, 9.17) is 4.74 Å². The van der Waals surface area contributed by atoms with Gasteiger partial charge in [-0.1, -0.05) is 18.1 Å². The Morgan fingerprint density at radius 1 is 1.12 bits per heavy atom. The number of ether oxygens (including phenoxy) is 1. The minimum Gasteiger partial charge on any atom is -0.378 e. The van der Waals surface area contributed by atoms with Gasteiger partial charge in [-0.2, -0.15) is 0 Å². The van der Waals surface area contributed by atoms with Crippen LogP contribution in [0.4, 0.5) is 0 Å². The van der Waals surface area contributed by atoms with Crippen LogP contribution in [-0.2, 0) is 16.1 Å². The minimum atomic E-state index is -0.0660. The molecule has 0 spiro atoms. The van der Waals surface area contributed by atoms with Gasteiger partial charge in [0.05, 0.1) is 19.4 Å². The first-order chi connectivity index (χ1) is 12.3. The number of rotatable bonds is 4. The molecule has 2 aliphatic heterocycles. The van der Waals surface area contributed by atoms with Crippen LogP contribution in [0.2, 0.25) is 0 Å². The largest absolute Gasteiger partial charge is 0.378 e. The smallest absolute Gasteiger partial charge is 0.242 e. The second kappa shape index (κ2) is 7.83. The number of amides is 1. The molecule has 1 unspecified atom stereocenters. The molecule has 4 rings (SSSR count). The molecule has 1 amide bonds. The molecule has 2 saturated heterocycles. The lowest BCUT2D eigenvalue weighted by atomic mass is 9.96. The predicted molar refractivity (Wildman–Crippen MR) is 92.9 cm³/mol. The fourth-order valence-electron chi connectivity index (χ4n) is 4.64. The van der Waals surface area contributed by atoms with E-state index in [1.165, 1.54) is 25.7 Å². The molecule has 0 aromatic carbocycles. The molecule has 0 radical (unpaired) electrons. The van der Waals surface area contributed by atoms with Crippen molar-refractivity contribution in [2.75, 3.05) is 32.8 Å². The zero-order valence-electron chi connectivity index (χ0n) is 14.9. The van der Waals surface area contributed by atoms with Crippen molar-refractivity contribution in [1.82, 2.24) is 24.8 Å². The van der Waals surface area contributed by atoms with Crippen molar-refractivity contribution in [3.63, 3.8) is 0 Å². The molecule has 1 aromatic rings. The van der Waals surface area contributed by atoms with Crippen LogP contribution >= 0.6 is 0 Å². The van der Waals surface area contributed by atoms with Crippen LogP contribution in [0.15, 0.2) is 12.4 Å². The lowest BCUT2D eigenvalue weighted by Crippen LogP contribution is -2.58. The van der Waals surface area contributed by atoms with Gasteiger partial charge in [0.2, 0.25) is 5.91 Å². The third kappa shape index (κ3) is 3.87. The first kappa shape index (κ1) is 17.0. The maximum atomic E-state index is 13.1. The molecule has 1 atom stereocenters. The van der Waals surface area contributed by atoms with Gasteiger partial charge in [0.15, 0.2) is 0 Å². The minimum absolute atomic E-state index is 0.0660.